The normalized spacial score (nSPS) is 11.2. The van der Waals surface area contributed by atoms with Gasteiger partial charge in [0.25, 0.3) is 10.0 Å². The van der Waals surface area contributed by atoms with Gasteiger partial charge < -0.3 is 5.11 Å². The quantitative estimate of drug-likeness (QED) is 0.709. The van der Waals surface area contributed by atoms with Gasteiger partial charge in [0.2, 0.25) is 0 Å². The van der Waals surface area contributed by atoms with Gasteiger partial charge in [-0.1, -0.05) is 44.0 Å². The molecule has 0 bridgehead atoms. The van der Waals surface area contributed by atoms with Crippen LogP contribution in [0.3, 0.4) is 0 Å². The summed E-state index contributed by atoms with van der Waals surface area (Å²) >= 11 is 0. The van der Waals surface area contributed by atoms with E-state index in [1.807, 2.05) is 0 Å². The topological polar surface area (TPSA) is 83.5 Å². The van der Waals surface area contributed by atoms with E-state index in [0.717, 1.165) is 31.2 Å². The van der Waals surface area contributed by atoms with Crippen LogP contribution in [-0.2, 0) is 16.4 Å². The molecular formula is C18H21NO4S. The zero-order valence-electron chi connectivity index (χ0n) is 13.5. The number of sulfonamides is 1. The maximum Gasteiger partial charge on any atom is 0.337 e. The maximum atomic E-state index is 12.4. The highest BCUT2D eigenvalue weighted by Gasteiger charge is 2.18. The zero-order chi connectivity index (χ0) is 17.6. The molecule has 2 N–H and O–H groups in total. The Morgan fingerprint density at radius 1 is 1.08 bits per heavy atom. The number of carboxylic acids is 1. The van der Waals surface area contributed by atoms with Gasteiger partial charge in [-0.25, -0.2) is 13.2 Å². The van der Waals surface area contributed by atoms with Crippen molar-refractivity contribution in [1.29, 1.82) is 0 Å². The van der Waals surface area contributed by atoms with Crippen LogP contribution in [-0.4, -0.2) is 19.5 Å². The minimum Gasteiger partial charge on any atom is -0.478 e. The first-order valence-corrected chi connectivity index (χ1v) is 9.36. The Kier molecular flexibility index (Phi) is 5.98. The van der Waals surface area contributed by atoms with Gasteiger partial charge in [-0.2, -0.15) is 0 Å². The number of benzene rings is 2. The zero-order valence-corrected chi connectivity index (χ0v) is 14.3. The van der Waals surface area contributed by atoms with Crippen molar-refractivity contribution < 1.29 is 18.3 Å². The number of nitrogens with one attached hydrogen (secondary N) is 1. The SMILES string of the molecule is CCCCCc1ccc(NS(=O)(=O)c2ccccc2)c(C(=O)O)c1. The molecular weight excluding hydrogens is 326 g/mol. The first-order chi connectivity index (χ1) is 11.4. The first kappa shape index (κ1) is 18.0. The van der Waals surface area contributed by atoms with Crippen LogP contribution in [0.4, 0.5) is 5.69 Å². The average molecular weight is 347 g/mol. The molecule has 0 spiro atoms. The minimum atomic E-state index is -3.82. The summed E-state index contributed by atoms with van der Waals surface area (Å²) < 4.78 is 27.1. The molecule has 0 unspecified atom stereocenters. The number of aryl methyl sites for hydroxylation is 1. The molecule has 0 amide bonds. The molecule has 5 nitrogen and oxygen atoms in total. The third-order valence-corrected chi connectivity index (χ3v) is 5.06. The molecule has 0 heterocycles. The molecule has 0 atom stereocenters. The lowest BCUT2D eigenvalue weighted by molar-refractivity contribution is 0.0698. The van der Waals surface area contributed by atoms with Gasteiger partial charge in [-0.3, -0.25) is 4.72 Å². The number of unbranched alkanes of at least 4 members (excludes halogenated alkanes) is 2. The summed E-state index contributed by atoms with van der Waals surface area (Å²) in [6.07, 6.45) is 3.91. The van der Waals surface area contributed by atoms with Gasteiger partial charge in [-0.15, -0.1) is 0 Å². The second-order valence-corrected chi connectivity index (χ2v) is 7.24. The highest BCUT2D eigenvalue weighted by Crippen LogP contribution is 2.22. The van der Waals surface area contributed by atoms with Gasteiger partial charge in [0.05, 0.1) is 16.1 Å². The number of aromatic carboxylic acids is 1. The van der Waals surface area contributed by atoms with Crippen LogP contribution >= 0.6 is 0 Å². The Labute approximate surface area is 142 Å². The van der Waals surface area contributed by atoms with E-state index in [9.17, 15) is 18.3 Å². The molecule has 0 aliphatic carbocycles. The van der Waals surface area contributed by atoms with Crippen LogP contribution in [0.2, 0.25) is 0 Å². The Bertz CT molecular complexity index is 801. The number of rotatable bonds is 8. The van der Waals surface area contributed by atoms with Crippen LogP contribution in [0, 0.1) is 0 Å². The Balaban J connectivity index is 2.28. The van der Waals surface area contributed by atoms with Crippen molar-refractivity contribution >= 4 is 21.7 Å². The molecule has 0 fully saturated rings. The number of anilines is 1. The minimum absolute atomic E-state index is 0.0384. The third kappa shape index (κ3) is 4.58. The van der Waals surface area contributed by atoms with Crippen LogP contribution < -0.4 is 4.72 Å². The van der Waals surface area contributed by atoms with Gasteiger partial charge in [0.15, 0.2) is 0 Å². The first-order valence-electron chi connectivity index (χ1n) is 7.88. The lowest BCUT2D eigenvalue weighted by atomic mass is 10.0. The van der Waals surface area contributed by atoms with E-state index >= 15 is 0 Å². The molecule has 128 valence electrons. The maximum absolute atomic E-state index is 12.4. The number of carboxylic acid groups (broad SMARTS) is 1. The van der Waals surface area contributed by atoms with Gasteiger partial charge in [0.1, 0.15) is 0 Å². The van der Waals surface area contributed by atoms with E-state index in [4.69, 9.17) is 0 Å². The molecule has 24 heavy (non-hydrogen) atoms. The predicted molar refractivity (Wildman–Crippen MR) is 93.9 cm³/mol. The van der Waals surface area contributed by atoms with Crippen LogP contribution in [0.1, 0.15) is 42.1 Å². The molecule has 0 saturated carbocycles. The Morgan fingerprint density at radius 3 is 2.42 bits per heavy atom. The van der Waals surface area contributed by atoms with Crippen molar-refractivity contribution in [1.82, 2.24) is 0 Å². The summed E-state index contributed by atoms with van der Waals surface area (Å²) in [5, 5.41) is 9.39. The number of hydrogen-bond donors (Lipinski definition) is 2. The van der Waals surface area contributed by atoms with Crippen LogP contribution in [0.15, 0.2) is 53.4 Å². The van der Waals surface area contributed by atoms with Gasteiger partial charge in [0, 0.05) is 0 Å². The third-order valence-electron chi connectivity index (χ3n) is 3.68. The van der Waals surface area contributed by atoms with E-state index < -0.39 is 16.0 Å². The summed E-state index contributed by atoms with van der Waals surface area (Å²) in [4.78, 5) is 11.6. The van der Waals surface area contributed by atoms with Crippen molar-refractivity contribution in [3.8, 4) is 0 Å². The molecule has 0 saturated heterocycles. The van der Waals surface area contributed by atoms with E-state index in [-0.39, 0.29) is 16.1 Å². The second kappa shape index (κ2) is 7.97. The fraction of sp³-hybridized carbons (Fsp3) is 0.278. The predicted octanol–water partition coefficient (Wildman–Crippen LogP) is 3.92. The molecule has 2 aromatic carbocycles. The van der Waals surface area contributed by atoms with Crippen molar-refractivity contribution in [2.45, 2.75) is 37.5 Å². The van der Waals surface area contributed by atoms with E-state index in [1.54, 1.807) is 30.3 Å². The van der Waals surface area contributed by atoms with E-state index in [2.05, 4.69) is 11.6 Å². The molecule has 0 aromatic heterocycles. The number of hydrogen-bond acceptors (Lipinski definition) is 3. The molecule has 6 heteroatoms. The molecule has 0 radical (unpaired) electrons. The Morgan fingerprint density at radius 2 is 1.79 bits per heavy atom. The molecule has 0 aliphatic heterocycles. The van der Waals surface area contributed by atoms with Crippen LogP contribution in [0.5, 0.6) is 0 Å². The van der Waals surface area contributed by atoms with Gasteiger partial charge in [-0.05, 0) is 42.7 Å². The number of carbonyl (C=O) groups is 1. The fourth-order valence-corrected chi connectivity index (χ4v) is 3.50. The van der Waals surface area contributed by atoms with Crippen molar-refractivity contribution in [2.24, 2.45) is 0 Å². The molecule has 2 rings (SSSR count). The summed E-state index contributed by atoms with van der Waals surface area (Å²) in [5.41, 5.74) is 0.928. The summed E-state index contributed by atoms with van der Waals surface area (Å²) in [7, 11) is -3.82. The van der Waals surface area contributed by atoms with Crippen molar-refractivity contribution in [3.63, 3.8) is 0 Å². The van der Waals surface area contributed by atoms with E-state index in [0.29, 0.717) is 0 Å². The summed E-state index contributed by atoms with van der Waals surface area (Å²) in [6.45, 7) is 2.10. The highest BCUT2D eigenvalue weighted by atomic mass is 32.2. The summed E-state index contributed by atoms with van der Waals surface area (Å²) in [6, 6.07) is 12.7. The standard InChI is InChI=1S/C18H21NO4S/c1-2-3-5-8-14-11-12-17(16(13-14)18(20)21)19-24(22,23)15-9-6-4-7-10-15/h4,6-7,9-13,19H,2-3,5,8H2,1H3,(H,20,21). The average Bonchev–Trinajstić information content (AvgIpc) is 2.56. The van der Waals surface area contributed by atoms with Gasteiger partial charge >= 0.3 is 5.97 Å². The van der Waals surface area contributed by atoms with Crippen molar-refractivity contribution in [2.75, 3.05) is 4.72 Å². The monoisotopic (exact) mass is 347 g/mol. The van der Waals surface area contributed by atoms with E-state index in [1.165, 1.54) is 18.2 Å². The lowest BCUT2D eigenvalue weighted by Crippen LogP contribution is -2.15. The molecule has 2 aromatic rings. The smallest absolute Gasteiger partial charge is 0.337 e. The second-order valence-electron chi connectivity index (χ2n) is 5.56. The summed E-state index contributed by atoms with van der Waals surface area (Å²) in [5.74, 6) is -1.15. The lowest BCUT2D eigenvalue weighted by Gasteiger charge is -2.12. The largest absolute Gasteiger partial charge is 0.478 e. The Hall–Kier alpha value is -2.34. The highest BCUT2D eigenvalue weighted by molar-refractivity contribution is 7.92. The fourth-order valence-electron chi connectivity index (χ4n) is 2.40. The van der Waals surface area contributed by atoms with Crippen molar-refractivity contribution in [3.05, 3.63) is 59.7 Å². The van der Waals surface area contributed by atoms with Crippen LogP contribution in [0.25, 0.3) is 0 Å². The molecule has 0 aliphatic rings.